The van der Waals surface area contributed by atoms with Gasteiger partial charge in [-0.15, -0.1) is 0 Å². The van der Waals surface area contributed by atoms with Gasteiger partial charge in [0.25, 0.3) is 23.6 Å². The molecule has 238 valence electrons. The summed E-state index contributed by atoms with van der Waals surface area (Å²) in [6, 6.07) is 15.3. The van der Waals surface area contributed by atoms with Gasteiger partial charge >= 0.3 is 0 Å². The van der Waals surface area contributed by atoms with Gasteiger partial charge in [-0.1, -0.05) is 58.0 Å². The Balaban J connectivity index is 1.32. The number of piperazine rings is 2. The van der Waals surface area contributed by atoms with Crippen LogP contribution in [-0.2, 0) is 30.0 Å². The van der Waals surface area contributed by atoms with Gasteiger partial charge in [-0.25, -0.2) is 0 Å². The van der Waals surface area contributed by atoms with Gasteiger partial charge in [-0.2, -0.15) is 0 Å². The fourth-order valence-electron chi connectivity index (χ4n) is 9.86. The van der Waals surface area contributed by atoms with Crippen molar-refractivity contribution in [2.45, 2.75) is 62.1 Å². The number of likely N-dealkylation sites (N-methyl/N-ethyl adjacent to an activating group) is 2. The quantitative estimate of drug-likeness (QED) is 0.336. The Labute approximate surface area is 279 Å². The Morgan fingerprint density at radius 2 is 1.43 bits per heavy atom. The first kappa shape index (κ1) is 28.3. The number of fused-ring (bicyclic) bond motifs is 11. The second kappa shape index (κ2) is 8.09. The van der Waals surface area contributed by atoms with E-state index in [1.807, 2.05) is 48.5 Å². The summed E-state index contributed by atoms with van der Waals surface area (Å²) in [5.41, 5.74) is 0.336. The molecular weight excluding hydrogens is 669 g/mol. The number of aliphatic hydroxyl groups excluding tert-OH is 2. The highest BCUT2D eigenvalue weighted by molar-refractivity contribution is 8.78. The van der Waals surface area contributed by atoms with E-state index >= 15 is 0 Å². The molecule has 0 saturated carbocycles. The maximum absolute atomic E-state index is 14.7. The molecule has 4 N–H and O–H groups in total. The van der Waals surface area contributed by atoms with E-state index in [1.165, 1.54) is 53.0 Å². The average Bonchev–Trinajstić information content (AvgIpc) is 3.73. The van der Waals surface area contributed by atoms with Crippen LogP contribution in [-0.4, -0.2) is 112 Å². The maximum Gasteiger partial charge on any atom is 0.265 e. The lowest BCUT2D eigenvalue weighted by molar-refractivity contribution is -0.166. The number of hydrogen-bond donors (Lipinski definition) is 4. The number of para-hydroxylation sites is 2. The van der Waals surface area contributed by atoms with Crippen molar-refractivity contribution >= 4 is 78.2 Å². The predicted octanol–water partition coefficient (Wildman–Crippen LogP) is 1.33. The predicted molar refractivity (Wildman–Crippen MR) is 175 cm³/mol. The Morgan fingerprint density at radius 3 is 2.15 bits per heavy atom. The van der Waals surface area contributed by atoms with Crippen molar-refractivity contribution in [2.24, 2.45) is 0 Å². The molecular formula is C30H28N6O6S4. The molecule has 8 fully saturated rings. The Morgan fingerprint density at radius 1 is 0.783 bits per heavy atom. The molecule has 2 spiro atoms. The maximum atomic E-state index is 14.7. The van der Waals surface area contributed by atoms with Crippen LogP contribution in [0.5, 0.6) is 0 Å². The summed E-state index contributed by atoms with van der Waals surface area (Å²) in [4.78, 5) is 58.6. The van der Waals surface area contributed by atoms with Crippen LogP contribution in [0.25, 0.3) is 0 Å². The van der Waals surface area contributed by atoms with Crippen molar-refractivity contribution < 1.29 is 29.4 Å². The summed E-state index contributed by atoms with van der Waals surface area (Å²) in [5.74, 6) is -1.35. The number of carbonyl (C=O) groups excluding carboxylic acids is 4. The minimum absolute atomic E-state index is 0.101. The first-order chi connectivity index (χ1) is 21.9. The van der Waals surface area contributed by atoms with E-state index in [-0.39, 0.29) is 24.1 Å². The molecule has 0 aliphatic carbocycles. The van der Waals surface area contributed by atoms with Crippen LogP contribution < -0.4 is 10.6 Å². The molecule has 12 nitrogen and oxygen atoms in total. The number of nitrogens with zero attached hydrogens (tertiary/aromatic N) is 4. The summed E-state index contributed by atoms with van der Waals surface area (Å²) >= 11 is 0. The minimum atomic E-state index is -1.67. The third-order valence-electron chi connectivity index (χ3n) is 12.0. The fraction of sp³-hybridized carbons (Fsp3) is 0.467. The summed E-state index contributed by atoms with van der Waals surface area (Å²) in [6.07, 6.45) is -3.11. The smallest absolute Gasteiger partial charge is 0.265 e. The molecule has 10 aliphatic heterocycles. The first-order valence-electron chi connectivity index (χ1n) is 14.9. The van der Waals surface area contributed by atoms with Gasteiger partial charge in [0.2, 0.25) is 9.74 Å². The molecule has 0 radical (unpaired) electrons. The van der Waals surface area contributed by atoms with Gasteiger partial charge in [0.15, 0.2) is 9.74 Å². The third-order valence-corrected chi connectivity index (χ3v) is 19.4. The minimum Gasteiger partial charge on any atom is -0.392 e. The van der Waals surface area contributed by atoms with E-state index in [9.17, 15) is 29.4 Å². The summed E-state index contributed by atoms with van der Waals surface area (Å²) in [7, 11) is 8.13. The highest BCUT2D eigenvalue weighted by Crippen LogP contribution is 2.78. The molecule has 10 aliphatic rings. The second-order valence-corrected chi connectivity index (χ2v) is 18.9. The van der Waals surface area contributed by atoms with E-state index in [2.05, 4.69) is 10.6 Å². The molecule has 8 saturated heterocycles. The fourth-order valence-corrected chi connectivity index (χ4v) is 17.0. The van der Waals surface area contributed by atoms with Crippen LogP contribution in [0.1, 0.15) is 24.5 Å². The topological polar surface area (TPSA) is 146 Å². The Kier molecular flexibility index (Phi) is 4.97. The molecule has 2 aromatic rings. The van der Waals surface area contributed by atoms with Crippen molar-refractivity contribution in [1.29, 1.82) is 0 Å². The highest BCUT2D eigenvalue weighted by Gasteiger charge is 2.90. The Bertz CT molecular complexity index is 1880. The normalized spacial score (nSPS) is 45.4. The number of benzene rings is 2. The highest BCUT2D eigenvalue weighted by atomic mass is 33.1. The van der Waals surface area contributed by atoms with Gasteiger partial charge in [0.1, 0.15) is 18.4 Å². The first-order valence-corrected chi connectivity index (χ1v) is 19.2. The van der Waals surface area contributed by atoms with Crippen LogP contribution in [0.4, 0.5) is 11.4 Å². The second-order valence-electron chi connectivity index (χ2n) is 13.4. The molecule has 12 rings (SSSR count). The van der Waals surface area contributed by atoms with E-state index < -0.39 is 61.3 Å². The number of nitrogens with one attached hydrogen (secondary N) is 2. The number of aliphatic hydroxyl groups is 2. The SMILES string of the molecule is CN1C(=O)[C@]23SS[C@@]1(C)C(=O)N2[C@H]1Nc2ccccc2[C@@]1([C@]12C[C@@]45SS[C@@](CO)(C(=O)N4[C@H]1Nc1ccccc12)N(C)C5=O)C3O. The van der Waals surface area contributed by atoms with E-state index in [1.54, 1.807) is 30.8 Å². The monoisotopic (exact) mass is 696 g/mol. The zero-order valence-electron chi connectivity index (χ0n) is 24.7. The van der Waals surface area contributed by atoms with Gasteiger partial charge in [-0.05, 0) is 51.8 Å². The Hall–Kier alpha value is -2.76. The van der Waals surface area contributed by atoms with Crippen molar-refractivity contribution in [1.82, 2.24) is 19.6 Å². The van der Waals surface area contributed by atoms with Crippen LogP contribution in [0.15, 0.2) is 48.5 Å². The van der Waals surface area contributed by atoms with Crippen LogP contribution in [0.2, 0.25) is 0 Å². The standard InChI is InChI=1S/C30H28N6O6S4/c1-25-21(39)36-20-29(15-9-5-7-11-17(15)32-20,18(38)30(36,46-43-25)24(42)33(25)2)26-12-27-22(40)34(3)28(13-37,45-44-27)23(41)35(27)19(26)31-16-10-6-4-8-14(16)26/h4-11,18-20,31-32,37-38H,12-13H2,1-3H3/t18?,19-,20-,25+,26+,27+,28+,29-,30+/m1/s1. The number of rotatable bonds is 2. The zero-order chi connectivity index (χ0) is 32.0. The summed E-state index contributed by atoms with van der Waals surface area (Å²) < 4.78 is 0. The lowest BCUT2D eigenvalue weighted by Gasteiger charge is -2.58. The lowest BCUT2D eigenvalue weighted by atomic mass is 9.53. The molecule has 16 heteroatoms. The van der Waals surface area contributed by atoms with Gasteiger partial charge in [0.05, 0.1) is 17.4 Å². The van der Waals surface area contributed by atoms with Crippen LogP contribution in [0.3, 0.4) is 0 Å². The molecule has 2 aromatic carbocycles. The van der Waals surface area contributed by atoms with Crippen LogP contribution in [0, 0.1) is 0 Å². The zero-order valence-corrected chi connectivity index (χ0v) is 28.0. The van der Waals surface area contributed by atoms with E-state index in [0.717, 1.165) is 16.8 Å². The van der Waals surface area contributed by atoms with Crippen molar-refractivity contribution in [2.75, 3.05) is 31.3 Å². The largest absolute Gasteiger partial charge is 0.392 e. The molecule has 0 aromatic heterocycles. The van der Waals surface area contributed by atoms with E-state index in [4.69, 9.17) is 0 Å². The molecule has 10 heterocycles. The third kappa shape index (κ3) is 2.39. The van der Waals surface area contributed by atoms with E-state index in [0.29, 0.717) is 5.69 Å². The van der Waals surface area contributed by atoms with Gasteiger partial charge in [0, 0.05) is 31.9 Å². The van der Waals surface area contributed by atoms with Crippen molar-refractivity contribution in [3.8, 4) is 0 Å². The van der Waals surface area contributed by atoms with Gasteiger partial charge < -0.3 is 30.6 Å². The van der Waals surface area contributed by atoms with Crippen molar-refractivity contribution in [3.05, 3.63) is 59.7 Å². The van der Waals surface area contributed by atoms with Crippen molar-refractivity contribution in [3.63, 3.8) is 0 Å². The number of amides is 4. The molecule has 46 heavy (non-hydrogen) atoms. The summed E-state index contributed by atoms with van der Waals surface area (Å²) in [5, 5.41) is 31.1. The molecule has 9 atom stereocenters. The molecule has 1 unspecified atom stereocenters. The number of hydrogen-bond acceptors (Lipinski definition) is 12. The summed E-state index contributed by atoms with van der Waals surface area (Å²) in [6.45, 7) is 1.17. The van der Waals surface area contributed by atoms with Crippen LogP contribution >= 0.6 is 43.2 Å². The van der Waals surface area contributed by atoms with Gasteiger partial charge in [-0.3, -0.25) is 29.0 Å². The average molecular weight is 697 g/mol. The lowest BCUT2D eigenvalue weighted by Crippen LogP contribution is -2.77. The molecule has 4 bridgehead atoms. The number of carbonyl (C=O) groups is 4. The molecule has 4 amide bonds. The number of anilines is 2.